The van der Waals surface area contributed by atoms with Gasteiger partial charge in [-0.1, -0.05) is 42.4 Å². The van der Waals surface area contributed by atoms with Crippen molar-refractivity contribution < 1.29 is 18.0 Å². The Morgan fingerprint density at radius 3 is 2.44 bits per heavy atom. The van der Waals surface area contributed by atoms with Crippen LogP contribution >= 0.6 is 0 Å². The largest absolute Gasteiger partial charge is 0.425 e. The van der Waals surface area contributed by atoms with Gasteiger partial charge in [-0.05, 0) is 18.4 Å². The van der Waals surface area contributed by atoms with E-state index in [0.29, 0.717) is 12.1 Å². The van der Waals surface area contributed by atoms with Gasteiger partial charge < -0.3 is 4.84 Å². The van der Waals surface area contributed by atoms with Gasteiger partial charge in [-0.3, -0.25) is 0 Å². The van der Waals surface area contributed by atoms with Crippen LogP contribution in [0.5, 0.6) is 0 Å². The normalized spacial score (nSPS) is 25.9. The van der Waals surface area contributed by atoms with Gasteiger partial charge in [0, 0.05) is 5.41 Å². The topological polar surface area (TPSA) is 21.6 Å². The van der Waals surface area contributed by atoms with Crippen LogP contribution < -0.4 is 0 Å². The zero-order chi connectivity index (χ0) is 13.2. The van der Waals surface area contributed by atoms with Gasteiger partial charge in [0.2, 0.25) is 6.61 Å². The number of nitrogens with zero attached hydrogens (tertiary/aromatic N) is 1. The minimum Gasteiger partial charge on any atom is -0.386 e. The van der Waals surface area contributed by atoms with Crippen molar-refractivity contribution in [3.05, 3.63) is 35.9 Å². The third-order valence-corrected chi connectivity index (χ3v) is 3.31. The molecule has 0 spiro atoms. The molecule has 1 unspecified atom stereocenters. The smallest absolute Gasteiger partial charge is 0.386 e. The summed E-state index contributed by atoms with van der Waals surface area (Å²) < 4.78 is 35.8. The molecule has 1 aromatic carbocycles. The highest BCUT2D eigenvalue weighted by molar-refractivity contribution is 5.99. The standard InChI is InChI=1S/C13H14F3NO/c1-12(10-5-3-2-4-6-10)8-7-11(12)17-18-9-13(14,15)16/h2-6H,7-9H2,1H3. The molecule has 0 bridgehead atoms. The molecule has 1 fully saturated rings. The molecule has 1 saturated carbocycles. The van der Waals surface area contributed by atoms with Gasteiger partial charge in [-0.25, -0.2) is 0 Å². The third kappa shape index (κ3) is 2.66. The van der Waals surface area contributed by atoms with Crippen LogP contribution in [-0.2, 0) is 10.3 Å². The lowest BCUT2D eigenvalue weighted by molar-refractivity contribution is -0.174. The summed E-state index contributed by atoms with van der Waals surface area (Å²) in [4.78, 5) is 4.38. The van der Waals surface area contributed by atoms with Gasteiger partial charge in [0.15, 0.2) is 0 Å². The van der Waals surface area contributed by atoms with E-state index in [4.69, 9.17) is 0 Å². The molecular weight excluding hydrogens is 243 g/mol. The van der Waals surface area contributed by atoms with E-state index in [1.54, 1.807) is 0 Å². The maximum Gasteiger partial charge on any atom is 0.425 e. The van der Waals surface area contributed by atoms with Crippen LogP contribution in [0.4, 0.5) is 13.2 Å². The lowest BCUT2D eigenvalue weighted by Gasteiger charge is -2.40. The van der Waals surface area contributed by atoms with Crippen LogP contribution in [0.3, 0.4) is 0 Å². The molecular formula is C13H14F3NO. The highest BCUT2D eigenvalue weighted by Crippen LogP contribution is 2.41. The molecule has 0 N–H and O–H groups in total. The summed E-state index contributed by atoms with van der Waals surface area (Å²) >= 11 is 0. The van der Waals surface area contributed by atoms with Crippen LogP contribution in [0.2, 0.25) is 0 Å². The first-order valence-corrected chi connectivity index (χ1v) is 5.73. The molecule has 0 saturated heterocycles. The minimum absolute atomic E-state index is 0.285. The number of hydrogen-bond acceptors (Lipinski definition) is 2. The fourth-order valence-corrected chi connectivity index (χ4v) is 2.06. The second-order valence-electron chi connectivity index (χ2n) is 4.62. The molecule has 2 nitrogen and oxygen atoms in total. The van der Waals surface area contributed by atoms with E-state index in [9.17, 15) is 13.2 Å². The minimum atomic E-state index is -4.34. The van der Waals surface area contributed by atoms with Gasteiger partial charge in [0.1, 0.15) is 0 Å². The zero-order valence-electron chi connectivity index (χ0n) is 10.00. The molecule has 98 valence electrons. The van der Waals surface area contributed by atoms with Crippen molar-refractivity contribution in [2.75, 3.05) is 6.61 Å². The van der Waals surface area contributed by atoms with Crippen molar-refractivity contribution >= 4 is 5.71 Å². The number of halogens is 3. The van der Waals surface area contributed by atoms with Gasteiger partial charge in [-0.2, -0.15) is 13.2 Å². The Morgan fingerprint density at radius 2 is 1.94 bits per heavy atom. The van der Waals surface area contributed by atoms with Crippen molar-refractivity contribution in [1.29, 1.82) is 0 Å². The molecule has 1 aromatic rings. The third-order valence-electron chi connectivity index (χ3n) is 3.31. The Kier molecular flexibility index (Phi) is 3.32. The average molecular weight is 257 g/mol. The molecule has 18 heavy (non-hydrogen) atoms. The Labute approximate surface area is 103 Å². The van der Waals surface area contributed by atoms with Crippen LogP contribution in [0.15, 0.2) is 35.5 Å². The number of benzene rings is 1. The highest BCUT2D eigenvalue weighted by atomic mass is 19.4. The quantitative estimate of drug-likeness (QED) is 0.757. The molecule has 1 aliphatic carbocycles. The van der Waals surface area contributed by atoms with Crippen LogP contribution in [0, 0.1) is 0 Å². The predicted octanol–water partition coefficient (Wildman–Crippen LogP) is 3.67. The molecule has 1 atom stereocenters. The van der Waals surface area contributed by atoms with E-state index >= 15 is 0 Å². The second kappa shape index (κ2) is 4.63. The molecule has 0 radical (unpaired) electrons. The van der Waals surface area contributed by atoms with Crippen LogP contribution in [0.25, 0.3) is 0 Å². The van der Waals surface area contributed by atoms with E-state index in [1.807, 2.05) is 37.3 Å². The fourth-order valence-electron chi connectivity index (χ4n) is 2.06. The Morgan fingerprint density at radius 1 is 1.28 bits per heavy atom. The molecule has 1 aliphatic rings. The van der Waals surface area contributed by atoms with Gasteiger partial charge in [-0.15, -0.1) is 0 Å². The number of alkyl halides is 3. The van der Waals surface area contributed by atoms with Crippen molar-refractivity contribution in [3.8, 4) is 0 Å². The Bertz CT molecular complexity index is 441. The van der Waals surface area contributed by atoms with Crippen molar-refractivity contribution in [2.24, 2.45) is 5.16 Å². The molecule has 0 aromatic heterocycles. The first-order chi connectivity index (χ1) is 8.42. The summed E-state index contributed by atoms with van der Waals surface area (Å²) in [6, 6.07) is 9.64. The summed E-state index contributed by atoms with van der Waals surface area (Å²) in [6.07, 6.45) is -2.77. The van der Waals surface area contributed by atoms with E-state index in [1.165, 1.54) is 0 Å². The van der Waals surface area contributed by atoms with Crippen molar-refractivity contribution in [2.45, 2.75) is 31.4 Å². The summed E-state index contributed by atoms with van der Waals surface area (Å²) in [6.45, 7) is 0.642. The Hall–Kier alpha value is -1.52. The SMILES string of the molecule is CC1(c2ccccc2)CCC1=NOCC(F)(F)F. The Balaban J connectivity index is 2.05. The molecule has 5 heteroatoms. The number of hydrogen-bond donors (Lipinski definition) is 0. The first-order valence-electron chi connectivity index (χ1n) is 5.73. The fraction of sp³-hybridized carbons (Fsp3) is 0.462. The molecule has 2 rings (SSSR count). The van der Waals surface area contributed by atoms with E-state index in [-0.39, 0.29) is 5.41 Å². The maximum atomic E-state index is 11.9. The van der Waals surface area contributed by atoms with E-state index in [0.717, 1.165) is 12.0 Å². The van der Waals surface area contributed by atoms with Crippen LogP contribution in [0.1, 0.15) is 25.3 Å². The van der Waals surface area contributed by atoms with Crippen molar-refractivity contribution in [1.82, 2.24) is 0 Å². The first kappa shape index (κ1) is 12.9. The lowest BCUT2D eigenvalue weighted by Crippen LogP contribution is -2.42. The summed E-state index contributed by atoms with van der Waals surface area (Å²) in [5, 5.41) is 3.64. The number of rotatable bonds is 3. The lowest BCUT2D eigenvalue weighted by atomic mass is 9.64. The van der Waals surface area contributed by atoms with Crippen molar-refractivity contribution in [3.63, 3.8) is 0 Å². The predicted molar refractivity (Wildman–Crippen MR) is 62.5 cm³/mol. The molecule has 0 heterocycles. The van der Waals surface area contributed by atoms with Crippen LogP contribution in [-0.4, -0.2) is 18.5 Å². The maximum absolute atomic E-state index is 11.9. The average Bonchev–Trinajstić information content (AvgIpc) is 2.32. The number of oxime groups is 1. The van der Waals surface area contributed by atoms with Gasteiger partial charge in [0.05, 0.1) is 5.71 Å². The van der Waals surface area contributed by atoms with Gasteiger partial charge >= 0.3 is 6.18 Å². The summed E-state index contributed by atoms with van der Waals surface area (Å²) in [5.41, 5.74) is 1.45. The highest BCUT2D eigenvalue weighted by Gasteiger charge is 2.41. The monoisotopic (exact) mass is 257 g/mol. The molecule has 0 aliphatic heterocycles. The summed E-state index contributed by atoms with van der Waals surface area (Å²) in [7, 11) is 0. The molecule has 0 amide bonds. The van der Waals surface area contributed by atoms with Gasteiger partial charge in [0.25, 0.3) is 0 Å². The van der Waals surface area contributed by atoms with E-state index in [2.05, 4.69) is 9.99 Å². The second-order valence-corrected chi connectivity index (χ2v) is 4.62. The summed E-state index contributed by atoms with van der Waals surface area (Å²) in [5.74, 6) is 0. The van der Waals surface area contributed by atoms with E-state index < -0.39 is 12.8 Å². The zero-order valence-corrected chi connectivity index (χ0v) is 10.00.